The van der Waals surface area contributed by atoms with Gasteiger partial charge in [0, 0.05) is 25.0 Å². The smallest absolute Gasteiger partial charge is 0.244 e. The summed E-state index contributed by atoms with van der Waals surface area (Å²) in [6.07, 6.45) is 6.60. The number of anilines is 1. The summed E-state index contributed by atoms with van der Waals surface area (Å²) >= 11 is 0. The zero-order valence-corrected chi connectivity index (χ0v) is 11.6. The first kappa shape index (κ1) is 11.7. The van der Waals surface area contributed by atoms with Gasteiger partial charge in [0.25, 0.3) is 0 Å². The molecular formula is C14H23N5. The molecule has 1 saturated heterocycles. The van der Waals surface area contributed by atoms with Crippen molar-refractivity contribution in [3.8, 4) is 0 Å². The van der Waals surface area contributed by atoms with Crippen LogP contribution in [0.15, 0.2) is 0 Å². The Morgan fingerprint density at radius 1 is 1.16 bits per heavy atom. The van der Waals surface area contributed by atoms with Gasteiger partial charge >= 0.3 is 0 Å². The Hall–Kier alpha value is -1.10. The lowest BCUT2D eigenvalue weighted by atomic mass is 10.1. The molecular weight excluding hydrogens is 238 g/mol. The summed E-state index contributed by atoms with van der Waals surface area (Å²) in [4.78, 5) is 7.09. The number of hydrogen-bond donors (Lipinski definition) is 2. The zero-order chi connectivity index (χ0) is 12.8. The minimum absolute atomic E-state index is 0.664. The molecule has 5 nitrogen and oxygen atoms in total. The van der Waals surface area contributed by atoms with E-state index in [0.29, 0.717) is 12.0 Å². The summed E-state index contributed by atoms with van der Waals surface area (Å²) in [6, 6.07) is 0.664. The quantitative estimate of drug-likeness (QED) is 0.866. The van der Waals surface area contributed by atoms with Crippen LogP contribution in [0, 0.1) is 11.8 Å². The number of nitrogens with zero attached hydrogens (tertiary/aromatic N) is 3. The average Bonchev–Trinajstić information content (AvgIpc) is 2.90. The molecule has 0 bridgehead atoms. The third-order valence-corrected chi connectivity index (χ3v) is 5.40. The van der Waals surface area contributed by atoms with Gasteiger partial charge in [0.05, 0.1) is 0 Å². The second kappa shape index (κ2) is 4.47. The van der Waals surface area contributed by atoms with Crippen LogP contribution in [0.5, 0.6) is 0 Å². The van der Waals surface area contributed by atoms with E-state index in [0.717, 1.165) is 36.7 Å². The van der Waals surface area contributed by atoms with Crippen molar-refractivity contribution < 1.29 is 0 Å². The van der Waals surface area contributed by atoms with E-state index >= 15 is 0 Å². The van der Waals surface area contributed by atoms with Gasteiger partial charge in [-0.25, -0.2) is 0 Å². The molecule has 4 rings (SSSR count). The molecule has 0 aromatic carbocycles. The fourth-order valence-corrected chi connectivity index (χ4v) is 4.15. The fourth-order valence-electron chi connectivity index (χ4n) is 4.15. The molecule has 3 fully saturated rings. The molecule has 1 aromatic heterocycles. The summed E-state index contributed by atoms with van der Waals surface area (Å²) in [5, 5.41) is 11.0. The fraction of sp³-hybridized carbons (Fsp3) is 0.857. The second-order valence-electron chi connectivity index (χ2n) is 6.36. The Balaban J connectivity index is 1.41. The van der Waals surface area contributed by atoms with E-state index in [1.54, 1.807) is 0 Å². The summed E-state index contributed by atoms with van der Waals surface area (Å²) < 4.78 is 0. The van der Waals surface area contributed by atoms with Gasteiger partial charge < -0.3 is 10.2 Å². The van der Waals surface area contributed by atoms with Gasteiger partial charge in [-0.05, 0) is 44.6 Å². The zero-order valence-electron chi connectivity index (χ0n) is 11.6. The molecule has 104 valence electrons. The van der Waals surface area contributed by atoms with E-state index in [-0.39, 0.29) is 0 Å². The van der Waals surface area contributed by atoms with Crippen molar-refractivity contribution in [1.29, 1.82) is 0 Å². The topological polar surface area (TPSA) is 56.8 Å². The maximum absolute atomic E-state index is 4.77. The van der Waals surface area contributed by atoms with Crippen molar-refractivity contribution in [3.05, 3.63) is 5.82 Å². The van der Waals surface area contributed by atoms with Gasteiger partial charge in [-0.2, -0.15) is 4.98 Å². The standard InChI is InChI=1S/C14H23N5/c1-15-9-5-7-19(8-6-9)14-16-13(17-18-14)12-10-3-2-4-11(10)12/h9-12,15H,2-8H2,1H3,(H,16,17,18). The van der Waals surface area contributed by atoms with Gasteiger partial charge in [-0.3, -0.25) is 5.10 Å². The third-order valence-electron chi connectivity index (χ3n) is 5.40. The molecule has 2 heterocycles. The first-order valence-electron chi connectivity index (χ1n) is 7.71. The Morgan fingerprint density at radius 3 is 2.58 bits per heavy atom. The van der Waals surface area contributed by atoms with Crippen LogP contribution in [0.2, 0.25) is 0 Å². The van der Waals surface area contributed by atoms with Crippen molar-refractivity contribution >= 4 is 5.95 Å². The molecule has 0 spiro atoms. The third kappa shape index (κ3) is 1.95. The summed E-state index contributed by atoms with van der Waals surface area (Å²) in [7, 11) is 2.05. The average molecular weight is 261 g/mol. The van der Waals surface area contributed by atoms with Gasteiger partial charge in [0.2, 0.25) is 5.95 Å². The summed E-state index contributed by atoms with van der Waals surface area (Å²) in [5.74, 6) is 4.60. The largest absolute Gasteiger partial charge is 0.339 e. The molecule has 2 N–H and O–H groups in total. The highest BCUT2D eigenvalue weighted by molar-refractivity contribution is 5.32. The summed E-state index contributed by atoms with van der Waals surface area (Å²) in [5.41, 5.74) is 0. The van der Waals surface area contributed by atoms with Crippen LogP contribution in [0.3, 0.4) is 0 Å². The molecule has 2 aliphatic carbocycles. The van der Waals surface area contributed by atoms with E-state index in [2.05, 4.69) is 27.5 Å². The van der Waals surface area contributed by atoms with E-state index in [9.17, 15) is 0 Å². The summed E-state index contributed by atoms with van der Waals surface area (Å²) in [6.45, 7) is 2.14. The second-order valence-corrected chi connectivity index (χ2v) is 6.36. The van der Waals surface area contributed by atoms with Gasteiger partial charge in [-0.1, -0.05) is 6.42 Å². The maximum atomic E-state index is 4.77. The van der Waals surface area contributed by atoms with Crippen molar-refractivity contribution in [1.82, 2.24) is 20.5 Å². The van der Waals surface area contributed by atoms with Gasteiger partial charge in [0.15, 0.2) is 0 Å². The predicted octanol–water partition coefficient (Wildman–Crippen LogP) is 1.51. The number of H-pyrrole nitrogens is 1. The van der Waals surface area contributed by atoms with Crippen molar-refractivity contribution in [2.24, 2.45) is 11.8 Å². The maximum Gasteiger partial charge on any atom is 0.244 e. The Morgan fingerprint density at radius 2 is 1.89 bits per heavy atom. The van der Waals surface area contributed by atoms with E-state index in [4.69, 9.17) is 4.98 Å². The number of aromatic nitrogens is 3. The SMILES string of the molecule is CNC1CCN(c2n[nH]c(C3C4CCCC43)n2)CC1. The van der Waals surface area contributed by atoms with Crippen molar-refractivity contribution in [2.45, 2.75) is 44.1 Å². The number of rotatable bonds is 3. The molecule has 0 amide bonds. The van der Waals surface area contributed by atoms with Gasteiger partial charge in [0.1, 0.15) is 5.82 Å². The van der Waals surface area contributed by atoms with E-state index in [1.165, 1.54) is 32.1 Å². The van der Waals surface area contributed by atoms with Crippen LogP contribution in [-0.2, 0) is 0 Å². The van der Waals surface area contributed by atoms with Crippen molar-refractivity contribution in [3.63, 3.8) is 0 Å². The minimum Gasteiger partial charge on any atom is -0.339 e. The number of hydrogen-bond acceptors (Lipinski definition) is 4. The normalized spacial score (nSPS) is 34.6. The minimum atomic E-state index is 0.664. The first-order chi connectivity index (χ1) is 9.36. The lowest BCUT2D eigenvalue weighted by Gasteiger charge is -2.30. The molecule has 2 atom stereocenters. The molecule has 2 unspecified atom stereocenters. The molecule has 3 aliphatic rings. The van der Waals surface area contributed by atoms with Crippen LogP contribution in [0.4, 0.5) is 5.95 Å². The Labute approximate surface area is 114 Å². The van der Waals surface area contributed by atoms with Crippen LogP contribution in [-0.4, -0.2) is 41.4 Å². The molecule has 5 heteroatoms. The Bertz CT molecular complexity index is 438. The number of aromatic amines is 1. The highest BCUT2D eigenvalue weighted by Crippen LogP contribution is 2.62. The van der Waals surface area contributed by atoms with Crippen LogP contribution >= 0.6 is 0 Å². The van der Waals surface area contributed by atoms with Crippen molar-refractivity contribution in [2.75, 3.05) is 25.0 Å². The van der Waals surface area contributed by atoms with Crippen LogP contribution < -0.4 is 10.2 Å². The molecule has 19 heavy (non-hydrogen) atoms. The highest BCUT2D eigenvalue weighted by atomic mass is 15.4. The lowest BCUT2D eigenvalue weighted by Crippen LogP contribution is -2.41. The lowest BCUT2D eigenvalue weighted by molar-refractivity contribution is 0.439. The van der Waals surface area contributed by atoms with Crippen LogP contribution in [0.25, 0.3) is 0 Å². The van der Waals surface area contributed by atoms with E-state index < -0.39 is 0 Å². The number of fused-ring (bicyclic) bond motifs is 1. The molecule has 1 aliphatic heterocycles. The Kier molecular flexibility index (Phi) is 2.76. The highest BCUT2D eigenvalue weighted by Gasteiger charge is 2.54. The van der Waals surface area contributed by atoms with Gasteiger partial charge in [-0.15, -0.1) is 5.10 Å². The molecule has 2 saturated carbocycles. The molecule has 0 radical (unpaired) electrons. The monoisotopic (exact) mass is 261 g/mol. The van der Waals surface area contributed by atoms with E-state index in [1.807, 2.05) is 0 Å². The first-order valence-corrected chi connectivity index (χ1v) is 7.71. The molecule has 1 aromatic rings. The number of nitrogens with one attached hydrogen (secondary N) is 2. The predicted molar refractivity (Wildman–Crippen MR) is 74.2 cm³/mol. The van der Waals surface area contributed by atoms with Crippen LogP contribution in [0.1, 0.15) is 43.8 Å². The number of piperidine rings is 1.